The van der Waals surface area contributed by atoms with Gasteiger partial charge in [-0.25, -0.2) is 13.1 Å². The first-order valence-electron chi connectivity index (χ1n) is 6.08. The molecule has 0 aromatic carbocycles. The molecule has 0 aliphatic carbocycles. The highest BCUT2D eigenvalue weighted by Gasteiger charge is 2.28. The summed E-state index contributed by atoms with van der Waals surface area (Å²) in [5.74, 6) is 0.335. The molecule has 1 aliphatic rings. The van der Waals surface area contributed by atoms with E-state index < -0.39 is 10.0 Å². The number of piperidine rings is 1. The molecule has 2 atom stereocenters. The van der Waals surface area contributed by atoms with Gasteiger partial charge in [0, 0.05) is 12.1 Å². The predicted molar refractivity (Wildman–Crippen MR) is 66.8 cm³/mol. The number of aromatic nitrogens is 1. The first kappa shape index (κ1) is 13.5. The Balaban J connectivity index is 2.17. The molecular weight excluding hydrogens is 254 g/mol. The molecule has 0 saturated carbocycles. The molecule has 6 nitrogen and oxygen atoms in total. The maximum atomic E-state index is 12.3. The molecule has 0 amide bonds. The van der Waals surface area contributed by atoms with Gasteiger partial charge < -0.3 is 9.84 Å². The lowest BCUT2D eigenvalue weighted by molar-refractivity contribution is 0.361. The smallest absolute Gasteiger partial charge is 0.246 e. The Morgan fingerprint density at radius 3 is 2.72 bits per heavy atom. The van der Waals surface area contributed by atoms with Crippen LogP contribution in [0, 0.1) is 13.8 Å². The van der Waals surface area contributed by atoms with Crippen LogP contribution in [0.1, 0.15) is 31.2 Å². The van der Waals surface area contributed by atoms with Crippen molar-refractivity contribution in [3.63, 3.8) is 0 Å². The van der Waals surface area contributed by atoms with Gasteiger partial charge in [-0.3, -0.25) is 0 Å². The van der Waals surface area contributed by atoms with Crippen LogP contribution in [-0.2, 0) is 10.0 Å². The van der Waals surface area contributed by atoms with Gasteiger partial charge in [0.25, 0.3) is 0 Å². The summed E-state index contributed by atoms with van der Waals surface area (Å²) in [7, 11) is -3.54. The number of hydrogen-bond acceptors (Lipinski definition) is 5. The molecule has 1 aliphatic heterocycles. The van der Waals surface area contributed by atoms with Crippen LogP contribution in [0.4, 0.5) is 0 Å². The molecule has 7 heteroatoms. The monoisotopic (exact) mass is 273 g/mol. The summed E-state index contributed by atoms with van der Waals surface area (Å²) >= 11 is 0. The van der Waals surface area contributed by atoms with Crippen LogP contribution in [-0.4, -0.2) is 32.2 Å². The molecule has 102 valence electrons. The van der Waals surface area contributed by atoms with Crippen molar-refractivity contribution in [2.75, 3.05) is 6.54 Å². The average Bonchev–Trinajstić information content (AvgIpc) is 2.58. The molecule has 1 fully saturated rings. The zero-order valence-corrected chi connectivity index (χ0v) is 11.7. The van der Waals surface area contributed by atoms with Gasteiger partial charge in [-0.2, -0.15) is 0 Å². The highest BCUT2D eigenvalue weighted by molar-refractivity contribution is 7.89. The van der Waals surface area contributed by atoms with Gasteiger partial charge in [0.2, 0.25) is 10.0 Å². The summed E-state index contributed by atoms with van der Waals surface area (Å²) in [6.45, 7) is 6.13. The molecule has 0 radical (unpaired) electrons. The molecule has 0 bridgehead atoms. The van der Waals surface area contributed by atoms with Crippen LogP contribution >= 0.6 is 0 Å². The van der Waals surface area contributed by atoms with Crippen molar-refractivity contribution in [3.8, 4) is 0 Å². The van der Waals surface area contributed by atoms with Crippen LogP contribution in [0.15, 0.2) is 9.42 Å². The second-order valence-corrected chi connectivity index (χ2v) is 6.50. The third kappa shape index (κ3) is 2.73. The van der Waals surface area contributed by atoms with Crippen LogP contribution in [0.2, 0.25) is 0 Å². The Hall–Kier alpha value is -0.920. The van der Waals surface area contributed by atoms with E-state index >= 15 is 0 Å². The zero-order chi connectivity index (χ0) is 13.3. The van der Waals surface area contributed by atoms with Crippen LogP contribution in [0.25, 0.3) is 0 Å². The normalized spacial score (nSPS) is 25.3. The number of hydrogen-bond donors (Lipinski definition) is 2. The average molecular weight is 273 g/mol. The topological polar surface area (TPSA) is 84.2 Å². The highest BCUT2D eigenvalue weighted by atomic mass is 32.2. The lowest BCUT2D eigenvalue weighted by atomic mass is 10.0. The number of aryl methyl sites for hydroxylation is 2. The fraction of sp³-hybridized carbons (Fsp3) is 0.727. The van der Waals surface area contributed by atoms with Crippen molar-refractivity contribution in [2.24, 2.45) is 0 Å². The largest absolute Gasteiger partial charge is 0.360 e. The van der Waals surface area contributed by atoms with E-state index in [-0.39, 0.29) is 10.9 Å². The quantitative estimate of drug-likeness (QED) is 0.847. The summed E-state index contributed by atoms with van der Waals surface area (Å²) in [5, 5.41) is 6.97. The van der Waals surface area contributed by atoms with Gasteiger partial charge in [-0.15, -0.1) is 0 Å². The minimum Gasteiger partial charge on any atom is -0.360 e. The first-order chi connectivity index (χ1) is 8.40. The van der Waals surface area contributed by atoms with Crippen LogP contribution < -0.4 is 10.0 Å². The summed E-state index contributed by atoms with van der Waals surface area (Å²) in [6.07, 6.45) is 1.59. The molecule has 1 aromatic rings. The minimum absolute atomic E-state index is 0.0278. The predicted octanol–water partition coefficient (Wildman–Crippen LogP) is 0.710. The fourth-order valence-corrected chi connectivity index (χ4v) is 3.99. The molecule has 1 aromatic heterocycles. The molecule has 1 saturated heterocycles. The molecular formula is C11H19N3O3S. The van der Waals surface area contributed by atoms with E-state index in [9.17, 15) is 8.42 Å². The summed E-state index contributed by atoms with van der Waals surface area (Å²) in [5.41, 5.74) is 0.405. The van der Waals surface area contributed by atoms with Gasteiger partial charge >= 0.3 is 0 Å². The van der Waals surface area contributed by atoms with Gasteiger partial charge in [0.1, 0.15) is 10.6 Å². The van der Waals surface area contributed by atoms with Crippen molar-refractivity contribution < 1.29 is 12.9 Å². The molecule has 0 spiro atoms. The number of sulfonamides is 1. The summed E-state index contributed by atoms with van der Waals surface area (Å²) < 4.78 is 32.2. The maximum Gasteiger partial charge on any atom is 0.246 e. The van der Waals surface area contributed by atoms with E-state index in [0.29, 0.717) is 17.5 Å². The molecule has 2 rings (SSSR count). The van der Waals surface area contributed by atoms with E-state index in [1.165, 1.54) is 0 Å². The van der Waals surface area contributed by atoms with Crippen molar-refractivity contribution in [3.05, 3.63) is 11.5 Å². The third-order valence-corrected chi connectivity index (χ3v) is 4.95. The third-order valence-electron chi connectivity index (χ3n) is 3.18. The molecule has 2 N–H and O–H groups in total. The lowest BCUT2D eigenvalue weighted by Crippen LogP contribution is -2.46. The van der Waals surface area contributed by atoms with Gasteiger partial charge in [0.15, 0.2) is 5.76 Å². The highest BCUT2D eigenvalue weighted by Crippen LogP contribution is 2.20. The maximum absolute atomic E-state index is 12.3. The van der Waals surface area contributed by atoms with E-state index in [2.05, 4.69) is 22.1 Å². The van der Waals surface area contributed by atoms with Crippen molar-refractivity contribution in [1.29, 1.82) is 0 Å². The van der Waals surface area contributed by atoms with E-state index in [0.717, 1.165) is 19.4 Å². The Labute approximate surface area is 107 Å². The number of rotatable bonds is 3. The Bertz CT molecular complexity index is 504. The van der Waals surface area contributed by atoms with E-state index in [1.54, 1.807) is 13.8 Å². The van der Waals surface area contributed by atoms with E-state index in [1.807, 2.05) is 0 Å². The molecule has 18 heavy (non-hydrogen) atoms. The van der Waals surface area contributed by atoms with Crippen LogP contribution in [0.5, 0.6) is 0 Å². The van der Waals surface area contributed by atoms with Gasteiger partial charge in [-0.05, 0) is 40.2 Å². The summed E-state index contributed by atoms with van der Waals surface area (Å²) in [4.78, 5) is 0.175. The van der Waals surface area contributed by atoms with Crippen molar-refractivity contribution in [1.82, 2.24) is 15.2 Å². The van der Waals surface area contributed by atoms with E-state index in [4.69, 9.17) is 4.52 Å². The fourth-order valence-electron chi connectivity index (χ4n) is 2.38. The standard InChI is InChI=1S/C11H19N3O3S/c1-7-6-10(4-5-12-7)14-18(15,16)11-8(2)13-17-9(11)3/h7,10,12,14H,4-6H2,1-3H3. The van der Waals surface area contributed by atoms with Crippen LogP contribution in [0.3, 0.4) is 0 Å². The number of nitrogens with one attached hydrogen (secondary N) is 2. The second kappa shape index (κ2) is 4.99. The van der Waals surface area contributed by atoms with Crippen molar-refractivity contribution >= 4 is 10.0 Å². The molecule has 2 unspecified atom stereocenters. The second-order valence-electron chi connectivity index (χ2n) is 4.85. The Kier molecular flexibility index (Phi) is 3.74. The Morgan fingerprint density at radius 1 is 1.44 bits per heavy atom. The minimum atomic E-state index is -3.54. The van der Waals surface area contributed by atoms with Gasteiger partial charge in [0.05, 0.1) is 0 Å². The lowest BCUT2D eigenvalue weighted by Gasteiger charge is -2.28. The summed E-state index contributed by atoms with van der Waals surface area (Å²) in [6, 6.07) is 0.302. The van der Waals surface area contributed by atoms with Crippen molar-refractivity contribution in [2.45, 2.75) is 50.6 Å². The Morgan fingerprint density at radius 2 is 2.17 bits per heavy atom. The van der Waals surface area contributed by atoms with Gasteiger partial charge in [-0.1, -0.05) is 5.16 Å². The first-order valence-corrected chi connectivity index (χ1v) is 7.57. The number of nitrogens with zero attached hydrogens (tertiary/aromatic N) is 1. The molecule has 2 heterocycles. The SMILES string of the molecule is Cc1noc(C)c1S(=O)(=O)NC1CCNC(C)C1. The zero-order valence-electron chi connectivity index (χ0n) is 10.9.